The predicted molar refractivity (Wildman–Crippen MR) is 45.8 cm³/mol. The van der Waals surface area contributed by atoms with Gasteiger partial charge in [-0.2, -0.15) is 8.42 Å². The van der Waals surface area contributed by atoms with Crippen molar-refractivity contribution >= 4 is 32.4 Å². The Hall–Kier alpha value is -0.663. The van der Waals surface area contributed by atoms with Crippen molar-refractivity contribution in [2.75, 3.05) is 0 Å². The molecule has 2 N–H and O–H groups in total. The second-order valence-electron chi connectivity index (χ2n) is 2.64. The zero-order valence-corrected chi connectivity index (χ0v) is 8.83. The standard InChI is InChI=1S/C6F5.Li.H2O4S/c7-2-1-3(8)5(10)6(11)4(2)9;;1-5(2,3)4/h;;(H2,1,2,3,4). The third-order valence-electron chi connectivity index (χ3n) is 1.43. The summed E-state index contributed by atoms with van der Waals surface area (Å²) in [6, 6.07) is 0. The van der Waals surface area contributed by atoms with E-state index in [0.29, 0.717) is 0 Å². The van der Waals surface area contributed by atoms with Gasteiger partial charge in [0, 0.05) is 0 Å². The summed E-state index contributed by atoms with van der Waals surface area (Å²) >= 11 is 0.816. The summed E-state index contributed by atoms with van der Waals surface area (Å²) in [4.78, 5) is 0. The molecule has 0 aliphatic heterocycles. The van der Waals surface area contributed by atoms with Crippen LogP contribution in [0, 0.1) is 29.1 Å². The van der Waals surface area contributed by atoms with Crippen molar-refractivity contribution < 1.29 is 39.5 Å². The van der Waals surface area contributed by atoms with Crippen molar-refractivity contribution in [1.82, 2.24) is 0 Å². The van der Waals surface area contributed by atoms with E-state index in [1.807, 2.05) is 0 Å². The van der Waals surface area contributed by atoms with Crippen molar-refractivity contribution in [3.05, 3.63) is 29.1 Å². The maximum atomic E-state index is 12.4. The fourth-order valence-electron chi connectivity index (χ4n) is 0.715. The van der Waals surface area contributed by atoms with Gasteiger partial charge >= 0.3 is 83.4 Å². The Morgan fingerprint density at radius 2 is 0.941 bits per heavy atom. The Morgan fingerprint density at radius 3 is 1.18 bits per heavy atom. The third kappa shape index (κ3) is 5.01. The first-order valence-corrected chi connectivity index (χ1v) is 5.04. The number of hydrogen-bond acceptors (Lipinski definition) is 2. The van der Waals surface area contributed by atoms with Gasteiger partial charge in [0.2, 0.25) is 0 Å². The van der Waals surface area contributed by atoms with Crippen LogP contribution in [0.15, 0.2) is 0 Å². The molecule has 0 saturated carbocycles. The van der Waals surface area contributed by atoms with Crippen LogP contribution in [-0.2, 0) is 10.4 Å². The van der Waals surface area contributed by atoms with Gasteiger partial charge < -0.3 is 0 Å². The SMILES string of the molecule is O=S(=O)(O)O.[Li][c]1c(F)c(F)c(F)c(F)c1F. The van der Waals surface area contributed by atoms with E-state index in [4.69, 9.17) is 17.5 Å². The molecule has 0 saturated heterocycles. The topological polar surface area (TPSA) is 74.6 Å². The molecule has 17 heavy (non-hydrogen) atoms. The molecular formula is C6H2F5LiO4S. The van der Waals surface area contributed by atoms with Gasteiger partial charge in [-0.3, -0.25) is 9.11 Å². The van der Waals surface area contributed by atoms with Gasteiger partial charge in [0.05, 0.1) is 0 Å². The first-order valence-electron chi connectivity index (χ1n) is 3.64. The summed E-state index contributed by atoms with van der Waals surface area (Å²) < 4.78 is 92.3. The summed E-state index contributed by atoms with van der Waals surface area (Å²) in [5, 5.41) is 0. The van der Waals surface area contributed by atoms with E-state index < -0.39 is 43.7 Å². The summed E-state index contributed by atoms with van der Waals surface area (Å²) in [5.41, 5.74) is 0. The molecule has 0 aromatic heterocycles. The van der Waals surface area contributed by atoms with E-state index in [1.165, 1.54) is 0 Å². The molecule has 11 heteroatoms. The van der Waals surface area contributed by atoms with Crippen LogP contribution in [0.4, 0.5) is 22.0 Å². The summed E-state index contributed by atoms with van der Waals surface area (Å²) in [6.45, 7) is 0. The zero-order valence-electron chi connectivity index (χ0n) is 8.01. The molecule has 1 aromatic rings. The van der Waals surface area contributed by atoms with Crippen molar-refractivity contribution in [1.29, 1.82) is 0 Å². The number of hydrogen-bond donors (Lipinski definition) is 2. The second kappa shape index (κ2) is 5.79. The van der Waals surface area contributed by atoms with Crippen LogP contribution in [0.2, 0.25) is 0 Å². The minimum absolute atomic E-state index is 0.816. The average molecular weight is 272 g/mol. The van der Waals surface area contributed by atoms with Gasteiger partial charge in [0.15, 0.2) is 0 Å². The van der Waals surface area contributed by atoms with Crippen molar-refractivity contribution in [3.8, 4) is 0 Å². The number of halogens is 5. The zero-order chi connectivity index (χ0) is 14.0. The molecule has 4 nitrogen and oxygen atoms in total. The van der Waals surface area contributed by atoms with E-state index in [-0.39, 0.29) is 0 Å². The first-order chi connectivity index (χ1) is 7.46. The maximum absolute atomic E-state index is 12.4. The molecule has 0 atom stereocenters. The van der Waals surface area contributed by atoms with E-state index in [1.54, 1.807) is 0 Å². The van der Waals surface area contributed by atoms with Crippen molar-refractivity contribution in [2.45, 2.75) is 0 Å². The van der Waals surface area contributed by atoms with Crippen LogP contribution in [0.1, 0.15) is 0 Å². The van der Waals surface area contributed by atoms with Crippen LogP contribution in [0.3, 0.4) is 0 Å². The summed E-state index contributed by atoms with van der Waals surface area (Å²) in [6.07, 6.45) is 0. The molecule has 0 bridgehead atoms. The fourth-order valence-corrected chi connectivity index (χ4v) is 0.715. The van der Waals surface area contributed by atoms with Crippen molar-refractivity contribution in [2.24, 2.45) is 0 Å². The Balaban J connectivity index is 0.000000437. The second-order valence-corrected chi connectivity index (χ2v) is 3.54. The van der Waals surface area contributed by atoms with Crippen LogP contribution >= 0.6 is 0 Å². The van der Waals surface area contributed by atoms with Crippen LogP contribution in [-0.4, -0.2) is 35.2 Å². The van der Waals surface area contributed by atoms with Crippen molar-refractivity contribution in [3.63, 3.8) is 0 Å². The monoisotopic (exact) mass is 272 g/mol. The number of benzene rings is 1. The van der Waals surface area contributed by atoms with E-state index in [9.17, 15) is 22.0 Å². The summed E-state index contributed by atoms with van der Waals surface area (Å²) in [7, 11) is -4.67. The molecule has 1 rings (SSSR count). The van der Waals surface area contributed by atoms with E-state index >= 15 is 0 Å². The summed E-state index contributed by atoms with van der Waals surface area (Å²) in [5.74, 6) is -9.52. The minimum atomic E-state index is -4.67. The number of rotatable bonds is 0. The fraction of sp³-hybridized carbons (Fsp3) is 0. The van der Waals surface area contributed by atoms with Crippen LogP contribution in [0.25, 0.3) is 0 Å². The molecule has 0 unspecified atom stereocenters. The van der Waals surface area contributed by atoms with Gasteiger partial charge in [-0.05, 0) is 0 Å². The van der Waals surface area contributed by atoms with Gasteiger partial charge in [-0.15, -0.1) is 0 Å². The van der Waals surface area contributed by atoms with Gasteiger partial charge in [-0.25, -0.2) is 0 Å². The molecule has 0 aliphatic rings. The Morgan fingerprint density at radius 1 is 0.765 bits per heavy atom. The molecule has 92 valence electrons. The molecule has 0 radical (unpaired) electrons. The first kappa shape index (κ1) is 16.3. The molecule has 1 aromatic carbocycles. The normalized spacial score (nSPS) is 10.9. The van der Waals surface area contributed by atoms with E-state index in [0.717, 1.165) is 17.7 Å². The molecule has 0 fully saturated rings. The van der Waals surface area contributed by atoms with Crippen LogP contribution < -0.4 is 4.24 Å². The average Bonchev–Trinajstić information content (AvgIpc) is 2.18. The van der Waals surface area contributed by atoms with Gasteiger partial charge in [0.25, 0.3) is 0 Å². The Labute approximate surface area is 101 Å². The van der Waals surface area contributed by atoms with E-state index in [2.05, 4.69) is 0 Å². The molecule has 0 aliphatic carbocycles. The van der Waals surface area contributed by atoms with Crippen LogP contribution in [0.5, 0.6) is 0 Å². The Bertz CT molecular complexity index is 419. The molecular weight excluding hydrogens is 270 g/mol. The Kier molecular flexibility index (Phi) is 5.56. The molecule has 0 spiro atoms. The predicted octanol–water partition coefficient (Wildman–Crippen LogP) is 0.523. The third-order valence-corrected chi connectivity index (χ3v) is 1.43. The molecule has 0 heterocycles. The van der Waals surface area contributed by atoms with Gasteiger partial charge in [0.1, 0.15) is 0 Å². The van der Waals surface area contributed by atoms with Gasteiger partial charge in [-0.1, -0.05) is 0 Å². The quantitative estimate of drug-likeness (QED) is 0.237. The molecule has 0 amide bonds.